The first-order valence-electron chi connectivity index (χ1n) is 13.2. The van der Waals surface area contributed by atoms with Gasteiger partial charge in [0.15, 0.2) is 0 Å². The van der Waals surface area contributed by atoms with Gasteiger partial charge in [-0.25, -0.2) is 13.9 Å². The number of nitrogens with zero attached hydrogens (tertiary/aromatic N) is 2. The largest absolute Gasteiger partial charge is 0.462 e. The van der Waals surface area contributed by atoms with Crippen LogP contribution in [0.4, 0.5) is 11.4 Å². The third kappa shape index (κ3) is 8.01. The minimum absolute atomic E-state index is 0.349. The van der Waals surface area contributed by atoms with E-state index in [0.717, 1.165) is 43.4 Å². The Morgan fingerprint density at radius 2 is 1.38 bits per heavy atom. The van der Waals surface area contributed by atoms with Crippen LogP contribution in [0, 0.1) is 13.8 Å². The molecule has 0 amide bonds. The molecule has 0 unspecified atom stereocenters. The molecule has 0 aliphatic heterocycles. The van der Waals surface area contributed by atoms with Gasteiger partial charge in [-0.05, 0) is 99.2 Å². The first-order valence-corrected chi connectivity index (χ1v) is 13.2. The lowest BCUT2D eigenvalue weighted by Crippen LogP contribution is -2.23. The van der Waals surface area contributed by atoms with Gasteiger partial charge in [0.05, 0.1) is 25.8 Å². The van der Waals surface area contributed by atoms with Crippen molar-refractivity contribution in [3.8, 4) is 23.0 Å². The molecule has 0 spiro atoms. The van der Waals surface area contributed by atoms with Crippen molar-refractivity contribution in [2.24, 2.45) is 7.05 Å². The summed E-state index contributed by atoms with van der Waals surface area (Å²) in [4.78, 5) is 13.0. The van der Waals surface area contributed by atoms with Gasteiger partial charge < -0.3 is 25.7 Å². The van der Waals surface area contributed by atoms with Crippen molar-refractivity contribution in [3.05, 3.63) is 90.0 Å². The van der Waals surface area contributed by atoms with Gasteiger partial charge in [-0.1, -0.05) is 0 Å². The smallest absolute Gasteiger partial charge is 0.338 e. The molecule has 3 aromatic carbocycles. The number of aryl methyl sites for hydroxylation is 4. The summed E-state index contributed by atoms with van der Waals surface area (Å²) in [7, 11) is 2.01. The number of anilines is 2. The Balaban J connectivity index is 1.39. The summed E-state index contributed by atoms with van der Waals surface area (Å²) in [6.45, 7) is 5.16. The molecule has 0 saturated heterocycles. The van der Waals surface area contributed by atoms with Gasteiger partial charge in [0.1, 0.15) is 35.4 Å². The fraction of sp³-hybridized carbons (Fsp3) is 0.290. The highest BCUT2D eigenvalue weighted by Crippen LogP contribution is 2.32. The molecule has 0 aliphatic rings. The Labute approximate surface area is 229 Å². The molecule has 1 heterocycles. The summed E-state index contributed by atoms with van der Waals surface area (Å²) in [5.74, 6) is 1.70. The van der Waals surface area contributed by atoms with Crippen molar-refractivity contribution in [1.29, 1.82) is 0 Å². The van der Waals surface area contributed by atoms with E-state index < -0.39 is 5.97 Å². The topological polar surface area (TPSA) is 106 Å². The van der Waals surface area contributed by atoms with Crippen molar-refractivity contribution < 1.29 is 23.6 Å². The van der Waals surface area contributed by atoms with Gasteiger partial charge >= 0.3 is 5.97 Å². The van der Waals surface area contributed by atoms with Crippen LogP contribution in [-0.2, 0) is 18.3 Å². The van der Waals surface area contributed by atoms with Gasteiger partial charge in [-0.15, -0.1) is 0 Å². The zero-order chi connectivity index (χ0) is 27.8. The molecule has 0 aliphatic carbocycles. The minimum Gasteiger partial charge on any atom is -0.462 e. The third-order valence-electron chi connectivity index (χ3n) is 6.44. The van der Waals surface area contributed by atoms with Gasteiger partial charge in [0, 0.05) is 17.4 Å². The van der Waals surface area contributed by atoms with Crippen LogP contribution < -0.4 is 25.5 Å². The second kappa shape index (κ2) is 12.9. The normalized spacial score (nSPS) is 10.8. The average Bonchev–Trinajstić information content (AvgIpc) is 3.32. The summed E-state index contributed by atoms with van der Waals surface area (Å²) in [5, 5.41) is 0. The van der Waals surface area contributed by atoms with E-state index in [1.807, 2.05) is 43.8 Å². The number of unbranched alkanes of at least 4 members (excludes halogenated alkanes) is 3. The summed E-state index contributed by atoms with van der Waals surface area (Å²) >= 11 is 0. The van der Waals surface area contributed by atoms with E-state index in [4.69, 9.17) is 25.7 Å². The number of hydrogen-bond acceptors (Lipinski definition) is 6. The maximum atomic E-state index is 13.0. The number of imidazole rings is 1. The summed E-state index contributed by atoms with van der Waals surface area (Å²) < 4.78 is 21.9. The van der Waals surface area contributed by atoms with Crippen LogP contribution in [0.2, 0.25) is 0 Å². The van der Waals surface area contributed by atoms with Crippen molar-refractivity contribution in [2.75, 3.05) is 18.1 Å². The average molecular weight is 530 g/mol. The van der Waals surface area contributed by atoms with E-state index in [9.17, 15) is 4.79 Å². The number of nitrogen functional groups attached to an aromatic ring is 2. The summed E-state index contributed by atoms with van der Waals surface area (Å²) in [6, 6.07) is 15.9. The van der Waals surface area contributed by atoms with Gasteiger partial charge in [-0.2, -0.15) is 0 Å². The maximum Gasteiger partial charge on any atom is 0.338 e. The van der Waals surface area contributed by atoms with Crippen LogP contribution in [0.3, 0.4) is 0 Å². The quantitative estimate of drug-likeness (QED) is 0.0995. The monoisotopic (exact) mass is 529 g/mol. The second-order valence-electron chi connectivity index (χ2n) is 9.80. The predicted octanol–water partition coefficient (Wildman–Crippen LogP) is 6.10. The lowest BCUT2D eigenvalue weighted by atomic mass is 10.1. The molecule has 39 heavy (non-hydrogen) atoms. The Morgan fingerprint density at radius 3 is 1.92 bits per heavy atom. The minimum atomic E-state index is -0.424. The van der Waals surface area contributed by atoms with E-state index >= 15 is 0 Å². The molecule has 4 N–H and O–H groups in total. The fourth-order valence-corrected chi connectivity index (χ4v) is 4.14. The highest BCUT2D eigenvalue weighted by molar-refractivity contribution is 5.90. The standard InChI is InChI=1S/C31H37N4O4/c1-22-16-25(8-10-29(22)32)38-27-18-24(19-28(20-27)39-26-9-11-30(33)23(2)17-26)31(36)37-15-7-5-4-6-12-35-14-13-34(3)21-35/h8-11,13-14,16-21H,4-7,12,15,32-33H2,1-3H3/q+1. The van der Waals surface area contributed by atoms with Gasteiger partial charge in [-0.3, -0.25) is 0 Å². The van der Waals surface area contributed by atoms with Crippen LogP contribution in [-0.4, -0.2) is 17.1 Å². The fourth-order valence-electron chi connectivity index (χ4n) is 4.14. The molecule has 4 rings (SSSR count). The second-order valence-corrected chi connectivity index (χ2v) is 9.80. The number of esters is 1. The molecule has 0 saturated carbocycles. The summed E-state index contributed by atoms with van der Waals surface area (Å²) in [5.41, 5.74) is 15.4. The Kier molecular flexibility index (Phi) is 9.10. The highest BCUT2D eigenvalue weighted by Gasteiger charge is 2.14. The Morgan fingerprint density at radius 1 is 0.795 bits per heavy atom. The van der Waals surface area contributed by atoms with Crippen molar-refractivity contribution in [1.82, 2.24) is 4.57 Å². The first kappa shape index (κ1) is 27.6. The van der Waals surface area contributed by atoms with Gasteiger partial charge in [0.2, 0.25) is 6.33 Å². The molecule has 0 atom stereocenters. The van der Waals surface area contributed by atoms with Crippen molar-refractivity contribution in [2.45, 2.75) is 46.1 Å². The molecule has 204 valence electrons. The number of benzene rings is 3. The molecule has 8 heteroatoms. The van der Waals surface area contributed by atoms with Crippen molar-refractivity contribution >= 4 is 17.3 Å². The molecule has 4 aromatic rings. The number of carbonyl (C=O) groups excluding carboxylic acids is 1. The van der Waals surface area contributed by atoms with Gasteiger partial charge in [0.25, 0.3) is 0 Å². The third-order valence-corrected chi connectivity index (χ3v) is 6.44. The molecular formula is C31H37N4O4+. The van der Waals surface area contributed by atoms with E-state index in [-0.39, 0.29) is 0 Å². The van der Waals surface area contributed by atoms with E-state index in [1.54, 1.807) is 42.5 Å². The predicted molar refractivity (Wildman–Crippen MR) is 152 cm³/mol. The number of rotatable bonds is 12. The van der Waals surface area contributed by atoms with Crippen LogP contribution in [0.1, 0.15) is 47.2 Å². The number of hydrogen-bond donors (Lipinski definition) is 2. The van der Waals surface area contributed by atoms with Crippen LogP contribution >= 0.6 is 0 Å². The van der Waals surface area contributed by atoms with E-state index in [0.29, 0.717) is 46.5 Å². The number of aromatic nitrogens is 2. The number of nitrogens with two attached hydrogens (primary N) is 2. The highest BCUT2D eigenvalue weighted by atomic mass is 16.5. The SMILES string of the molecule is Cc1cc(Oc2cc(Oc3ccc(N)c(C)c3)cc(C(=O)OCCCCCCn3cc[n+](C)c3)c2)ccc1N. The van der Waals surface area contributed by atoms with Crippen molar-refractivity contribution in [3.63, 3.8) is 0 Å². The lowest BCUT2D eigenvalue weighted by molar-refractivity contribution is -0.671. The molecule has 0 radical (unpaired) electrons. The number of carbonyl (C=O) groups is 1. The Bertz CT molecular complexity index is 1360. The molecule has 0 fully saturated rings. The first-order chi connectivity index (χ1) is 18.8. The zero-order valence-electron chi connectivity index (χ0n) is 22.9. The lowest BCUT2D eigenvalue weighted by Gasteiger charge is -2.13. The number of ether oxygens (including phenoxy) is 3. The van der Waals surface area contributed by atoms with E-state index in [2.05, 4.69) is 17.1 Å². The maximum absolute atomic E-state index is 13.0. The molecule has 0 bridgehead atoms. The summed E-state index contributed by atoms with van der Waals surface area (Å²) in [6.07, 6.45) is 10.1. The molecular weight excluding hydrogens is 492 g/mol. The van der Waals surface area contributed by atoms with Crippen LogP contribution in [0.15, 0.2) is 73.3 Å². The zero-order valence-corrected chi connectivity index (χ0v) is 22.9. The van der Waals surface area contributed by atoms with Crippen LogP contribution in [0.25, 0.3) is 0 Å². The molecule has 8 nitrogen and oxygen atoms in total. The Hall–Kier alpha value is -4.46. The molecule has 1 aromatic heterocycles. The van der Waals surface area contributed by atoms with Crippen LogP contribution in [0.5, 0.6) is 23.0 Å². The van der Waals surface area contributed by atoms with E-state index in [1.165, 1.54) is 0 Å².